The van der Waals surface area contributed by atoms with Crippen molar-refractivity contribution in [3.63, 3.8) is 0 Å². The van der Waals surface area contributed by atoms with Gasteiger partial charge in [0.05, 0.1) is 0 Å². The average molecular weight is 823 g/mol. The van der Waals surface area contributed by atoms with Crippen molar-refractivity contribution in [3.05, 3.63) is 242 Å². The van der Waals surface area contributed by atoms with Crippen molar-refractivity contribution in [3.8, 4) is 44.5 Å². The number of anilines is 6. The highest BCUT2D eigenvalue weighted by atomic mass is 15.1. The molecule has 0 aliphatic heterocycles. The molecule has 0 heterocycles. The van der Waals surface area contributed by atoms with E-state index >= 15 is 0 Å². The molecule has 9 aromatic rings. The summed E-state index contributed by atoms with van der Waals surface area (Å²) < 4.78 is 0. The van der Waals surface area contributed by atoms with Gasteiger partial charge in [0.2, 0.25) is 0 Å². The summed E-state index contributed by atoms with van der Waals surface area (Å²) in [7, 11) is 0. The summed E-state index contributed by atoms with van der Waals surface area (Å²) in [5, 5.41) is 0. The summed E-state index contributed by atoms with van der Waals surface area (Å²) in [6.07, 6.45) is 5.72. The highest BCUT2D eigenvalue weighted by molar-refractivity contribution is 5.82. The lowest BCUT2D eigenvalue weighted by Crippen LogP contribution is -2.24. The van der Waals surface area contributed by atoms with E-state index in [0.717, 1.165) is 46.2 Å². The first-order chi connectivity index (χ1) is 31.6. The van der Waals surface area contributed by atoms with Crippen molar-refractivity contribution >= 4 is 34.1 Å². The van der Waals surface area contributed by atoms with Gasteiger partial charge in [0, 0.05) is 34.1 Å². The van der Waals surface area contributed by atoms with Crippen LogP contribution in [0.15, 0.2) is 237 Å². The fourth-order valence-corrected chi connectivity index (χ4v) is 11.7. The number of hydrogen-bond donors (Lipinski definition) is 0. The molecule has 0 amide bonds. The summed E-state index contributed by atoms with van der Waals surface area (Å²) >= 11 is 0. The minimum absolute atomic E-state index is 0.430. The second-order valence-corrected chi connectivity index (χ2v) is 18.3. The van der Waals surface area contributed by atoms with Gasteiger partial charge in [-0.15, -0.1) is 0 Å². The van der Waals surface area contributed by atoms with Crippen molar-refractivity contribution in [2.24, 2.45) is 17.8 Å². The molecule has 4 aliphatic carbocycles. The Hall–Kier alpha value is -7.42. The summed E-state index contributed by atoms with van der Waals surface area (Å²) in [5.41, 5.74) is 18.6. The van der Waals surface area contributed by atoms with Crippen molar-refractivity contribution in [2.45, 2.75) is 31.1 Å². The minimum Gasteiger partial charge on any atom is -0.311 e. The van der Waals surface area contributed by atoms with E-state index in [1.165, 1.54) is 75.9 Å². The maximum Gasteiger partial charge on any atom is 0.0462 e. The molecular weight excluding hydrogens is 773 g/mol. The molecule has 0 radical (unpaired) electrons. The fraction of sp³-hybridized carbons (Fsp3) is 0.129. The van der Waals surface area contributed by atoms with E-state index in [-0.39, 0.29) is 0 Å². The molecule has 2 unspecified atom stereocenters. The molecule has 2 atom stereocenters. The first-order valence-electron chi connectivity index (χ1n) is 23.0. The maximum absolute atomic E-state index is 2.46. The SMILES string of the molecule is c1ccc(-c2ccc(N(c3ccc(-c4ccc(-c5ccc(-c6ccc(N(c7ccccc7)c7ccccc7)cc6)cc5)cc4)cc3)c3ccc(C45CC6CC4CC6C5)cc3)cc2)cc1. The van der Waals surface area contributed by atoms with Crippen LogP contribution in [0.25, 0.3) is 44.5 Å². The van der Waals surface area contributed by atoms with Crippen LogP contribution in [0.2, 0.25) is 0 Å². The summed E-state index contributed by atoms with van der Waals surface area (Å²) in [6.45, 7) is 0. The van der Waals surface area contributed by atoms with Crippen molar-refractivity contribution in [1.29, 1.82) is 0 Å². The van der Waals surface area contributed by atoms with Gasteiger partial charge in [-0.2, -0.15) is 0 Å². The largest absolute Gasteiger partial charge is 0.311 e. The number of rotatable bonds is 11. The van der Waals surface area contributed by atoms with Crippen molar-refractivity contribution < 1.29 is 0 Å². The zero-order valence-electron chi connectivity index (χ0n) is 36.0. The van der Waals surface area contributed by atoms with Crippen LogP contribution < -0.4 is 9.80 Å². The molecular formula is C62H50N2. The molecule has 4 aliphatic rings. The quantitative estimate of drug-likeness (QED) is 0.128. The van der Waals surface area contributed by atoms with E-state index in [2.05, 4.69) is 246 Å². The van der Waals surface area contributed by atoms with Gasteiger partial charge >= 0.3 is 0 Å². The molecule has 4 saturated carbocycles. The second-order valence-electron chi connectivity index (χ2n) is 18.3. The Bertz CT molecular complexity index is 2940. The van der Waals surface area contributed by atoms with Gasteiger partial charge in [0.15, 0.2) is 0 Å². The van der Waals surface area contributed by atoms with Crippen LogP contribution in [0.1, 0.15) is 31.2 Å². The Morgan fingerprint density at radius 2 is 0.516 bits per heavy atom. The van der Waals surface area contributed by atoms with Gasteiger partial charge in [0.1, 0.15) is 0 Å². The van der Waals surface area contributed by atoms with E-state index in [0.29, 0.717) is 5.41 Å². The lowest BCUT2D eigenvalue weighted by Gasteiger charge is -2.31. The second kappa shape index (κ2) is 16.0. The van der Waals surface area contributed by atoms with Crippen LogP contribution in [0.3, 0.4) is 0 Å². The monoisotopic (exact) mass is 822 g/mol. The molecule has 2 nitrogen and oxygen atoms in total. The zero-order chi connectivity index (χ0) is 42.5. The van der Waals surface area contributed by atoms with E-state index in [1.54, 1.807) is 5.56 Å². The first-order valence-corrected chi connectivity index (χ1v) is 23.0. The van der Waals surface area contributed by atoms with E-state index in [9.17, 15) is 0 Å². The predicted octanol–water partition coefficient (Wildman–Crippen LogP) is 17.0. The fourth-order valence-electron chi connectivity index (χ4n) is 11.7. The molecule has 0 spiro atoms. The summed E-state index contributed by atoms with van der Waals surface area (Å²) in [4.78, 5) is 4.71. The van der Waals surface area contributed by atoms with Crippen LogP contribution in [-0.4, -0.2) is 0 Å². The summed E-state index contributed by atoms with van der Waals surface area (Å²) in [6, 6.07) is 86.4. The lowest BCUT2D eigenvalue weighted by molar-refractivity contribution is 0.371. The Kier molecular flexibility index (Phi) is 9.60. The molecule has 308 valence electrons. The standard InChI is InChI=1S/C62H50N2/c1-4-10-44(11-5-1)49-24-32-59(33-25-49)64(61-38-30-54(31-39-61)62-42-52-40-55(62)41-53(52)43-62)60-36-28-51(29-37-60)48-22-18-46(19-23-48)45-16-20-47(21-17-45)50-26-34-58(35-27-50)63(56-12-6-2-7-13-56)57-14-8-3-9-15-57/h1-39,52-53,55H,40-43H2. The third-order valence-corrected chi connectivity index (χ3v) is 14.9. The lowest BCUT2D eigenvalue weighted by atomic mass is 9.75. The van der Waals surface area contributed by atoms with Gasteiger partial charge in [0.25, 0.3) is 0 Å². The Morgan fingerprint density at radius 3 is 0.812 bits per heavy atom. The molecule has 0 N–H and O–H groups in total. The maximum atomic E-state index is 2.46. The molecule has 9 aromatic carbocycles. The van der Waals surface area contributed by atoms with Crippen molar-refractivity contribution in [1.82, 2.24) is 0 Å². The highest BCUT2D eigenvalue weighted by Crippen LogP contribution is 2.70. The Morgan fingerprint density at radius 1 is 0.266 bits per heavy atom. The van der Waals surface area contributed by atoms with Gasteiger partial charge in [-0.05, 0) is 172 Å². The van der Waals surface area contributed by atoms with Gasteiger partial charge in [-0.1, -0.05) is 164 Å². The molecule has 0 saturated heterocycles. The predicted molar refractivity (Wildman–Crippen MR) is 268 cm³/mol. The zero-order valence-corrected chi connectivity index (χ0v) is 36.0. The van der Waals surface area contributed by atoms with E-state index in [4.69, 9.17) is 0 Å². The number of nitrogens with zero attached hydrogens (tertiary/aromatic N) is 2. The van der Waals surface area contributed by atoms with Gasteiger partial charge in [-0.3, -0.25) is 0 Å². The highest BCUT2D eigenvalue weighted by Gasteiger charge is 2.63. The molecule has 0 aromatic heterocycles. The topological polar surface area (TPSA) is 6.48 Å². The first kappa shape index (κ1) is 38.3. The molecule has 13 rings (SSSR count). The average Bonchev–Trinajstić information content (AvgIpc) is 4.14. The molecule has 2 heteroatoms. The van der Waals surface area contributed by atoms with Crippen LogP contribution in [-0.2, 0) is 5.41 Å². The minimum atomic E-state index is 0.430. The molecule has 64 heavy (non-hydrogen) atoms. The third kappa shape index (κ3) is 6.91. The Labute approximate surface area is 377 Å². The number of hydrogen-bond acceptors (Lipinski definition) is 2. The van der Waals surface area contributed by atoms with Crippen molar-refractivity contribution in [2.75, 3.05) is 9.80 Å². The number of para-hydroxylation sites is 2. The Balaban J connectivity index is 0.775. The van der Waals surface area contributed by atoms with Crippen LogP contribution in [0, 0.1) is 17.8 Å². The van der Waals surface area contributed by atoms with E-state index < -0.39 is 0 Å². The number of benzene rings is 9. The van der Waals surface area contributed by atoms with E-state index in [1.807, 2.05) is 0 Å². The van der Waals surface area contributed by atoms with Crippen LogP contribution in [0.5, 0.6) is 0 Å². The third-order valence-electron chi connectivity index (χ3n) is 14.9. The van der Waals surface area contributed by atoms with Crippen LogP contribution >= 0.6 is 0 Å². The smallest absolute Gasteiger partial charge is 0.0462 e. The summed E-state index contributed by atoms with van der Waals surface area (Å²) in [5.74, 6) is 2.84. The van der Waals surface area contributed by atoms with Gasteiger partial charge < -0.3 is 9.80 Å². The normalized spacial score (nSPS) is 19.2. The molecule has 4 fully saturated rings. The van der Waals surface area contributed by atoms with Crippen LogP contribution in [0.4, 0.5) is 34.1 Å². The molecule has 4 bridgehead atoms. The van der Waals surface area contributed by atoms with Gasteiger partial charge in [-0.25, -0.2) is 0 Å².